The van der Waals surface area contributed by atoms with E-state index in [-0.39, 0.29) is 12.5 Å². The predicted molar refractivity (Wildman–Crippen MR) is 195 cm³/mol. The monoisotopic (exact) mass is 638 g/mol. The minimum atomic E-state index is -1.01. The zero-order chi connectivity index (χ0) is 33.1. The van der Waals surface area contributed by atoms with E-state index in [2.05, 4.69) is 19.2 Å². The van der Waals surface area contributed by atoms with Gasteiger partial charge in [0.1, 0.15) is 0 Å². The Hall–Kier alpha value is -0.910. The van der Waals surface area contributed by atoms with Gasteiger partial charge in [-0.15, -0.1) is 0 Å². The Morgan fingerprint density at radius 3 is 1.20 bits per heavy atom. The molecule has 0 saturated carbocycles. The van der Waals surface area contributed by atoms with E-state index in [9.17, 15) is 20.1 Å². The van der Waals surface area contributed by atoms with Gasteiger partial charge in [-0.05, 0) is 12.8 Å². The first-order valence-electron chi connectivity index (χ1n) is 20.0. The maximum absolute atomic E-state index is 12.3. The van der Waals surface area contributed by atoms with Crippen LogP contribution in [0.25, 0.3) is 0 Å². The number of hydrogen-bond acceptors (Lipinski definition) is 4. The van der Waals surface area contributed by atoms with Crippen LogP contribution in [0.1, 0.15) is 213 Å². The van der Waals surface area contributed by atoms with Crippen LogP contribution in [0.4, 0.5) is 0 Å². The summed E-state index contributed by atoms with van der Waals surface area (Å²) in [7, 11) is 0. The first-order valence-corrected chi connectivity index (χ1v) is 20.0. The Morgan fingerprint density at radius 2 is 0.844 bits per heavy atom. The molecule has 0 fully saturated rings. The second-order valence-electron chi connectivity index (χ2n) is 13.9. The van der Waals surface area contributed by atoms with Gasteiger partial charge in [0, 0.05) is 6.42 Å². The van der Waals surface area contributed by atoms with Crippen LogP contribution in [0.15, 0.2) is 12.2 Å². The fourth-order valence-corrected chi connectivity index (χ4v) is 6.20. The van der Waals surface area contributed by atoms with Crippen LogP contribution in [-0.2, 0) is 4.79 Å². The average molecular weight is 638 g/mol. The molecule has 268 valence electrons. The van der Waals surface area contributed by atoms with Crippen LogP contribution in [0.3, 0.4) is 0 Å². The molecule has 45 heavy (non-hydrogen) atoms. The van der Waals surface area contributed by atoms with Crippen molar-refractivity contribution in [3.63, 3.8) is 0 Å². The van der Waals surface area contributed by atoms with Crippen molar-refractivity contribution in [3.8, 4) is 0 Å². The van der Waals surface area contributed by atoms with E-state index in [0.717, 1.165) is 32.1 Å². The van der Waals surface area contributed by atoms with Crippen LogP contribution in [-0.4, -0.2) is 46.1 Å². The number of hydrogen-bond donors (Lipinski definition) is 4. The molecule has 0 rings (SSSR count). The van der Waals surface area contributed by atoms with Crippen molar-refractivity contribution in [2.75, 3.05) is 6.61 Å². The number of nitrogens with one attached hydrogen (secondary N) is 1. The number of aliphatic hydroxyl groups is 3. The summed E-state index contributed by atoms with van der Waals surface area (Å²) in [5.74, 6) is -0.126. The lowest BCUT2D eigenvalue weighted by Crippen LogP contribution is -2.45. The first kappa shape index (κ1) is 44.1. The van der Waals surface area contributed by atoms with Crippen molar-refractivity contribution in [1.82, 2.24) is 5.32 Å². The van der Waals surface area contributed by atoms with E-state index < -0.39 is 18.2 Å². The fraction of sp³-hybridized carbons (Fsp3) is 0.925. The summed E-state index contributed by atoms with van der Waals surface area (Å²) < 4.78 is 0. The van der Waals surface area contributed by atoms with E-state index in [4.69, 9.17) is 0 Å². The molecule has 3 unspecified atom stereocenters. The molecule has 0 aliphatic rings. The molecule has 0 aromatic carbocycles. The molecule has 0 aliphatic heterocycles. The zero-order valence-electron chi connectivity index (χ0n) is 30.3. The van der Waals surface area contributed by atoms with E-state index >= 15 is 0 Å². The quantitative estimate of drug-likeness (QED) is 0.0406. The summed E-state index contributed by atoms with van der Waals surface area (Å²) >= 11 is 0. The summed E-state index contributed by atoms with van der Waals surface area (Å²) in [6.07, 6.45) is 40.4. The minimum Gasteiger partial charge on any atom is -0.394 e. The van der Waals surface area contributed by atoms with Crippen molar-refractivity contribution in [3.05, 3.63) is 12.2 Å². The summed E-state index contributed by atoms with van der Waals surface area (Å²) in [5.41, 5.74) is 0. The Morgan fingerprint density at radius 1 is 0.511 bits per heavy atom. The predicted octanol–water partition coefficient (Wildman–Crippen LogP) is 10.9. The number of aliphatic hydroxyl groups excluding tert-OH is 3. The highest BCUT2D eigenvalue weighted by molar-refractivity contribution is 5.76. The lowest BCUT2D eigenvalue weighted by Gasteiger charge is -2.20. The van der Waals surface area contributed by atoms with Gasteiger partial charge < -0.3 is 20.6 Å². The summed E-state index contributed by atoms with van der Waals surface area (Å²) in [6, 6.07) is -0.737. The largest absolute Gasteiger partial charge is 0.394 e. The third kappa shape index (κ3) is 32.8. The van der Waals surface area contributed by atoms with Gasteiger partial charge in [-0.3, -0.25) is 4.79 Å². The van der Waals surface area contributed by atoms with Crippen molar-refractivity contribution in [1.29, 1.82) is 0 Å². The van der Waals surface area contributed by atoms with Gasteiger partial charge in [0.05, 0.1) is 24.9 Å². The molecular formula is C40H79NO4. The number of unbranched alkanes of at least 4 members (excludes halogenated alkanes) is 27. The first-order chi connectivity index (χ1) is 22.0. The molecule has 0 aromatic heterocycles. The van der Waals surface area contributed by atoms with Crippen molar-refractivity contribution < 1.29 is 20.1 Å². The molecule has 3 atom stereocenters. The summed E-state index contributed by atoms with van der Waals surface area (Å²) in [6.45, 7) is 4.20. The molecule has 1 amide bonds. The van der Waals surface area contributed by atoms with Crippen LogP contribution in [0.2, 0.25) is 0 Å². The molecule has 4 N–H and O–H groups in total. The number of carbonyl (C=O) groups is 1. The summed E-state index contributed by atoms with van der Waals surface area (Å²) in [5, 5.41) is 33.1. The van der Waals surface area contributed by atoms with Crippen LogP contribution in [0.5, 0.6) is 0 Å². The normalized spacial score (nSPS) is 13.8. The highest BCUT2D eigenvalue weighted by atomic mass is 16.3. The molecule has 5 heteroatoms. The standard InChI is InChI=1S/C40H79NO4/c1-3-5-7-9-11-13-15-16-17-18-19-20-21-22-23-25-27-29-31-33-40(45)41-38(36-42)39(44)35-34-37(43)32-30-28-26-24-14-12-10-8-6-4-2/h34-35,37-39,42-44H,3-33,36H2,1-2H3,(H,41,45). The summed E-state index contributed by atoms with van der Waals surface area (Å²) in [4.78, 5) is 12.3. The van der Waals surface area contributed by atoms with Crippen molar-refractivity contribution >= 4 is 5.91 Å². The molecular weight excluding hydrogens is 558 g/mol. The van der Waals surface area contributed by atoms with E-state index in [0.29, 0.717) is 12.8 Å². The van der Waals surface area contributed by atoms with Crippen LogP contribution in [0, 0.1) is 0 Å². The Bertz CT molecular complexity index is 625. The topological polar surface area (TPSA) is 89.8 Å². The average Bonchev–Trinajstić information content (AvgIpc) is 3.04. The number of carbonyl (C=O) groups excluding carboxylic acids is 1. The highest BCUT2D eigenvalue weighted by Gasteiger charge is 2.18. The molecule has 0 spiro atoms. The fourth-order valence-electron chi connectivity index (χ4n) is 6.20. The Labute approximate surface area is 280 Å². The smallest absolute Gasteiger partial charge is 0.220 e. The van der Waals surface area contributed by atoms with Crippen LogP contribution >= 0.6 is 0 Å². The maximum Gasteiger partial charge on any atom is 0.220 e. The number of rotatable bonds is 36. The van der Waals surface area contributed by atoms with Crippen molar-refractivity contribution in [2.45, 2.75) is 231 Å². The zero-order valence-corrected chi connectivity index (χ0v) is 30.3. The molecule has 0 radical (unpaired) electrons. The second kappa shape index (κ2) is 35.9. The molecule has 0 bridgehead atoms. The van der Waals surface area contributed by atoms with Gasteiger partial charge in [0.2, 0.25) is 5.91 Å². The molecule has 0 saturated heterocycles. The lowest BCUT2D eigenvalue weighted by atomic mass is 10.0. The Kier molecular flexibility index (Phi) is 35.2. The van der Waals surface area contributed by atoms with Gasteiger partial charge in [0.15, 0.2) is 0 Å². The minimum absolute atomic E-state index is 0.126. The van der Waals surface area contributed by atoms with Gasteiger partial charge >= 0.3 is 0 Å². The van der Waals surface area contributed by atoms with Gasteiger partial charge in [-0.1, -0.05) is 206 Å². The molecule has 0 heterocycles. The lowest BCUT2D eigenvalue weighted by molar-refractivity contribution is -0.123. The van der Waals surface area contributed by atoms with E-state index in [1.54, 1.807) is 6.08 Å². The van der Waals surface area contributed by atoms with Gasteiger partial charge in [-0.25, -0.2) is 0 Å². The highest BCUT2D eigenvalue weighted by Crippen LogP contribution is 2.16. The third-order valence-electron chi connectivity index (χ3n) is 9.35. The number of amides is 1. The molecule has 0 aromatic rings. The van der Waals surface area contributed by atoms with Crippen molar-refractivity contribution in [2.24, 2.45) is 0 Å². The molecule has 0 aliphatic carbocycles. The Balaban J connectivity index is 3.64. The van der Waals surface area contributed by atoms with Crippen LogP contribution < -0.4 is 5.32 Å². The van der Waals surface area contributed by atoms with Gasteiger partial charge in [-0.2, -0.15) is 0 Å². The second-order valence-corrected chi connectivity index (χ2v) is 13.9. The third-order valence-corrected chi connectivity index (χ3v) is 9.35. The van der Waals surface area contributed by atoms with E-state index in [1.165, 1.54) is 160 Å². The van der Waals surface area contributed by atoms with Gasteiger partial charge in [0.25, 0.3) is 0 Å². The molecule has 5 nitrogen and oxygen atoms in total. The maximum atomic E-state index is 12.3. The SMILES string of the molecule is CCCCCCCCCCCCCCCCCCCCCC(=O)NC(CO)C(O)C=CC(O)CCCCCCCCCCCC. The van der Waals surface area contributed by atoms with E-state index in [1.807, 2.05) is 0 Å².